The first kappa shape index (κ1) is 7.82. The van der Waals surface area contributed by atoms with Crippen molar-refractivity contribution in [3.8, 4) is 0 Å². The molecule has 0 aromatic heterocycles. The van der Waals surface area contributed by atoms with Crippen molar-refractivity contribution in [1.29, 1.82) is 0 Å². The molecule has 1 heterocycles. The summed E-state index contributed by atoms with van der Waals surface area (Å²) in [6.45, 7) is 0. The third kappa shape index (κ3) is 0.834. The van der Waals surface area contributed by atoms with E-state index in [1.165, 1.54) is 0 Å². The van der Waals surface area contributed by atoms with Crippen molar-refractivity contribution in [1.82, 2.24) is 4.72 Å². The zero-order valence-corrected chi connectivity index (χ0v) is 7.95. The zero-order valence-electron chi connectivity index (χ0n) is 7.14. The highest BCUT2D eigenvalue weighted by Gasteiger charge is 2.28. The van der Waals surface area contributed by atoms with Crippen molar-refractivity contribution in [3.63, 3.8) is 0 Å². The quantitative estimate of drug-likeness (QED) is 0.656. The Balaban J connectivity index is 2.63. The van der Waals surface area contributed by atoms with Crippen molar-refractivity contribution < 1.29 is 8.42 Å². The van der Waals surface area contributed by atoms with Gasteiger partial charge in [0.15, 0.2) is 0 Å². The second-order valence-corrected chi connectivity index (χ2v) is 4.77. The average molecular weight is 204 g/mol. The molecular formula is C10H6NO2S. The Morgan fingerprint density at radius 2 is 1.71 bits per heavy atom. The lowest BCUT2D eigenvalue weighted by molar-refractivity contribution is 0.593. The average Bonchev–Trinajstić information content (AvgIpc) is 2.41. The Labute approximate surface area is 81.4 Å². The molecule has 0 saturated heterocycles. The Bertz CT molecular complexity index is 626. The summed E-state index contributed by atoms with van der Waals surface area (Å²) in [4.78, 5) is 0.325. The van der Waals surface area contributed by atoms with Crippen LogP contribution in [0.25, 0.3) is 10.8 Å². The summed E-state index contributed by atoms with van der Waals surface area (Å²) in [5.74, 6) is 0. The molecule has 0 saturated carbocycles. The van der Waals surface area contributed by atoms with Gasteiger partial charge in [0.1, 0.15) is 0 Å². The van der Waals surface area contributed by atoms with E-state index in [2.05, 4.69) is 4.72 Å². The molecule has 0 fully saturated rings. The molecule has 0 bridgehead atoms. The van der Waals surface area contributed by atoms with Crippen LogP contribution in [0, 0.1) is 0 Å². The van der Waals surface area contributed by atoms with Gasteiger partial charge in [-0.15, -0.1) is 0 Å². The number of nitrogens with zero attached hydrogens (tertiary/aromatic N) is 1. The molecule has 0 unspecified atom stereocenters. The maximum atomic E-state index is 11.6. The second kappa shape index (κ2) is 2.27. The number of sulfonamides is 1. The highest BCUT2D eigenvalue weighted by molar-refractivity contribution is 7.90. The topological polar surface area (TPSA) is 48.2 Å². The lowest BCUT2D eigenvalue weighted by atomic mass is 10.1. The molecule has 14 heavy (non-hydrogen) atoms. The normalized spacial score (nSPS) is 16.9. The van der Waals surface area contributed by atoms with E-state index in [-0.39, 0.29) is 0 Å². The predicted octanol–water partition coefficient (Wildman–Crippen LogP) is 1.78. The molecule has 0 aliphatic carbocycles. The van der Waals surface area contributed by atoms with Gasteiger partial charge >= 0.3 is 0 Å². The summed E-state index contributed by atoms with van der Waals surface area (Å²) >= 11 is 0. The van der Waals surface area contributed by atoms with Crippen molar-refractivity contribution in [2.24, 2.45) is 0 Å². The SMILES string of the molecule is O=S1(=O)[N]c2cccc3cccc1c23. The molecule has 3 nitrogen and oxygen atoms in total. The van der Waals surface area contributed by atoms with Crippen LogP contribution in [0.1, 0.15) is 0 Å². The smallest absolute Gasteiger partial charge is 0.199 e. The standard InChI is InChI=1S/C10H6NO2S/c12-14(13)9-6-2-4-7-3-1-5-8(11-14)10(7)9/h1-6H. The monoisotopic (exact) mass is 204 g/mol. The third-order valence-electron chi connectivity index (χ3n) is 2.34. The molecule has 0 N–H and O–H groups in total. The third-order valence-corrected chi connectivity index (χ3v) is 3.67. The van der Waals surface area contributed by atoms with Crippen LogP contribution in [-0.2, 0) is 10.0 Å². The van der Waals surface area contributed by atoms with Gasteiger partial charge in [-0.1, -0.05) is 24.3 Å². The molecule has 1 radical (unpaired) electrons. The van der Waals surface area contributed by atoms with Crippen LogP contribution in [0.5, 0.6) is 0 Å². The molecule has 3 rings (SSSR count). The van der Waals surface area contributed by atoms with Gasteiger partial charge in [-0.2, -0.15) is 13.1 Å². The number of rotatable bonds is 0. The van der Waals surface area contributed by atoms with Gasteiger partial charge in [0.25, 0.3) is 10.0 Å². The Morgan fingerprint density at radius 1 is 1.00 bits per heavy atom. The fraction of sp³-hybridized carbons (Fsp3) is 0. The molecular weight excluding hydrogens is 198 g/mol. The molecule has 4 heteroatoms. The summed E-state index contributed by atoms with van der Waals surface area (Å²) in [7, 11) is -3.43. The van der Waals surface area contributed by atoms with Crippen molar-refractivity contribution in [3.05, 3.63) is 36.4 Å². The fourth-order valence-electron chi connectivity index (χ4n) is 1.76. The summed E-state index contributed by atoms with van der Waals surface area (Å²) in [5.41, 5.74) is 0.554. The van der Waals surface area contributed by atoms with Crippen LogP contribution in [0.2, 0.25) is 0 Å². The predicted molar refractivity (Wildman–Crippen MR) is 52.9 cm³/mol. The van der Waals surface area contributed by atoms with Crippen LogP contribution >= 0.6 is 0 Å². The van der Waals surface area contributed by atoms with E-state index in [1.807, 2.05) is 18.2 Å². The van der Waals surface area contributed by atoms with E-state index in [0.717, 1.165) is 10.8 Å². The van der Waals surface area contributed by atoms with Gasteiger partial charge in [-0.05, 0) is 17.5 Å². The first-order valence-corrected chi connectivity index (χ1v) is 5.62. The molecule has 1 aliphatic rings. The second-order valence-electron chi connectivity index (χ2n) is 3.20. The number of hydrogen-bond acceptors (Lipinski definition) is 2. The van der Waals surface area contributed by atoms with Crippen molar-refractivity contribution in [2.45, 2.75) is 4.90 Å². The molecule has 0 atom stereocenters. The number of hydrogen-bond donors (Lipinski definition) is 0. The summed E-state index contributed by atoms with van der Waals surface area (Å²) < 4.78 is 26.8. The maximum Gasteiger partial charge on any atom is 0.283 e. The van der Waals surface area contributed by atoms with E-state index in [0.29, 0.717) is 10.6 Å². The Morgan fingerprint density at radius 3 is 2.50 bits per heavy atom. The minimum absolute atomic E-state index is 0.325. The molecule has 2 aromatic carbocycles. The molecule has 69 valence electrons. The summed E-state index contributed by atoms with van der Waals surface area (Å²) in [6, 6.07) is 10.6. The van der Waals surface area contributed by atoms with Crippen LogP contribution in [0.3, 0.4) is 0 Å². The van der Waals surface area contributed by atoms with E-state index < -0.39 is 10.0 Å². The largest absolute Gasteiger partial charge is 0.283 e. The fourth-order valence-corrected chi connectivity index (χ4v) is 3.00. The van der Waals surface area contributed by atoms with Crippen molar-refractivity contribution >= 4 is 26.5 Å². The van der Waals surface area contributed by atoms with Gasteiger partial charge in [0, 0.05) is 5.39 Å². The zero-order chi connectivity index (χ0) is 9.76. The first-order valence-electron chi connectivity index (χ1n) is 4.18. The van der Waals surface area contributed by atoms with E-state index in [4.69, 9.17) is 0 Å². The van der Waals surface area contributed by atoms with Gasteiger partial charge < -0.3 is 0 Å². The molecule has 0 amide bonds. The molecule has 2 aromatic rings. The van der Waals surface area contributed by atoms with Crippen molar-refractivity contribution in [2.75, 3.05) is 0 Å². The summed E-state index contributed by atoms with van der Waals surface area (Å²) in [5, 5.41) is 1.67. The molecule has 1 aliphatic heterocycles. The Kier molecular flexibility index (Phi) is 1.27. The van der Waals surface area contributed by atoms with E-state index >= 15 is 0 Å². The number of benzene rings is 2. The highest BCUT2D eigenvalue weighted by Crippen LogP contribution is 2.36. The van der Waals surface area contributed by atoms with Gasteiger partial charge in [-0.25, -0.2) is 0 Å². The lowest BCUT2D eigenvalue weighted by Crippen LogP contribution is -2.04. The highest BCUT2D eigenvalue weighted by atomic mass is 32.2. The first-order chi connectivity index (χ1) is 6.68. The lowest BCUT2D eigenvalue weighted by Gasteiger charge is -1.95. The van der Waals surface area contributed by atoms with Gasteiger partial charge in [0.2, 0.25) is 0 Å². The van der Waals surface area contributed by atoms with Crippen LogP contribution in [-0.4, -0.2) is 8.42 Å². The summed E-state index contributed by atoms with van der Waals surface area (Å²) in [6.07, 6.45) is 0. The van der Waals surface area contributed by atoms with E-state index in [1.54, 1.807) is 18.2 Å². The Hall–Kier alpha value is -1.55. The van der Waals surface area contributed by atoms with Crippen LogP contribution in [0.15, 0.2) is 41.3 Å². The van der Waals surface area contributed by atoms with Gasteiger partial charge in [0.05, 0.1) is 10.6 Å². The minimum Gasteiger partial charge on any atom is -0.199 e. The minimum atomic E-state index is -3.43. The van der Waals surface area contributed by atoms with Crippen LogP contribution < -0.4 is 4.72 Å². The molecule has 0 spiro atoms. The van der Waals surface area contributed by atoms with E-state index in [9.17, 15) is 8.42 Å². The van der Waals surface area contributed by atoms with Gasteiger partial charge in [-0.3, -0.25) is 0 Å². The maximum absolute atomic E-state index is 11.6. The van der Waals surface area contributed by atoms with Crippen LogP contribution in [0.4, 0.5) is 5.69 Å².